The maximum atomic E-state index is 4.34. The molecule has 3 aromatic heterocycles. The van der Waals surface area contributed by atoms with Gasteiger partial charge in [-0.25, -0.2) is 9.97 Å². The van der Waals surface area contributed by atoms with Gasteiger partial charge in [0.25, 0.3) is 0 Å². The summed E-state index contributed by atoms with van der Waals surface area (Å²) in [5.74, 6) is 0.846. The fraction of sp³-hybridized carbons (Fsp3) is 0.273. The van der Waals surface area contributed by atoms with Gasteiger partial charge in [0.05, 0.1) is 23.1 Å². The van der Waals surface area contributed by atoms with Gasteiger partial charge in [-0.2, -0.15) is 10.2 Å². The van der Waals surface area contributed by atoms with Crippen LogP contribution in [-0.2, 0) is 6.54 Å². The van der Waals surface area contributed by atoms with E-state index in [0.29, 0.717) is 0 Å². The predicted molar refractivity (Wildman–Crippen MR) is 67.1 cm³/mol. The highest BCUT2D eigenvalue weighted by atomic mass is 15.3. The largest absolute Gasteiger partial charge is 0.368 e. The van der Waals surface area contributed by atoms with Gasteiger partial charge < -0.3 is 5.32 Å². The lowest BCUT2D eigenvalue weighted by Gasteiger charge is -2.06. The number of hydrogen-bond acceptors (Lipinski definition) is 5. The lowest BCUT2D eigenvalue weighted by molar-refractivity contribution is 0.635. The summed E-state index contributed by atoms with van der Waals surface area (Å²) in [7, 11) is 0. The Kier molecular flexibility index (Phi) is 2.64. The van der Waals surface area contributed by atoms with Crippen LogP contribution in [0.25, 0.3) is 10.9 Å². The summed E-state index contributed by atoms with van der Waals surface area (Å²) >= 11 is 0. The van der Waals surface area contributed by atoms with Crippen molar-refractivity contribution in [1.82, 2.24) is 29.9 Å². The molecule has 92 valence electrons. The molecule has 0 atom stereocenters. The van der Waals surface area contributed by atoms with E-state index in [1.165, 1.54) is 6.33 Å². The normalized spacial score (nSPS) is 10.9. The summed E-state index contributed by atoms with van der Waals surface area (Å²) in [4.78, 5) is 8.24. The van der Waals surface area contributed by atoms with Crippen molar-refractivity contribution in [2.75, 3.05) is 11.9 Å². The summed E-state index contributed by atoms with van der Waals surface area (Å²) < 4.78 is 1.77. The summed E-state index contributed by atoms with van der Waals surface area (Å²) in [6, 6.07) is 1.91. The van der Waals surface area contributed by atoms with Crippen molar-refractivity contribution in [3.63, 3.8) is 0 Å². The van der Waals surface area contributed by atoms with Crippen molar-refractivity contribution >= 4 is 16.7 Å². The molecule has 0 spiro atoms. The Morgan fingerprint density at radius 3 is 3.22 bits per heavy atom. The molecule has 0 radical (unpaired) electrons. The summed E-state index contributed by atoms with van der Waals surface area (Å²) in [6.07, 6.45) is 4.98. The zero-order valence-corrected chi connectivity index (χ0v) is 9.96. The molecule has 0 bridgehead atoms. The van der Waals surface area contributed by atoms with E-state index in [0.717, 1.165) is 35.5 Å². The first-order valence-electron chi connectivity index (χ1n) is 5.70. The number of anilines is 1. The van der Waals surface area contributed by atoms with Crippen LogP contribution in [0.1, 0.15) is 5.69 Å². The Balaban J connectivity index is 1.76. The smallest absolute Gasteiger partial charge is 0.137 e. The van der Waals surface area contributed by atoms with E-state index in [1.807, 2.05) is 13.0 Å². The highest BCUT2D eigenvalue weighted by Gasteiger charge is 2.07. The minimum absolute atomic E-state index is 0.736. The zero-order valence-electron chi connectivity index (χ0n) is 9.96. The van der Waals surface area contributed by atoms with Crippen molar-refractivity contribution in [1.29, 1.82) is 0 Å². The monoisotopic (exact) mass is 243 g/mol. The molecule has 2 N–H and O–H groups in total. The first-order chi connectivity index (χ1) is 8.84. The Morgan fingerprint density at radius 1 is 1.44 bits per heavy atom. The lowest BCUT2D eigenvalue weighted by atomic mass is 10.2. The van der Waals surface area contributed by atoms with Crippen LogP contribution >= 0.6 is 0 Å². The van der Waals surface area contributed by atoms with Crippen LogP contribution in [0.2, 0.25) is 0 Å². The Bertz CT molecular complexity index is 641. The molecule has 0 aliphatic heterocycles. The fourth-order valence-electron chi connectivity index (χ4n) is 1.89. The average Bonchev–Trinajstić information content (AvgIpc) is 3.00. The number of nitrogens with zero attached hydrogens (tertiary/aromatic N) is 5. The molecular formula is C11H13N7. The minimum atomic E-state index is 0.736. The molecule has 7 nitrogen and oxygen atoms in total. The van der Waals surface area contributed by atoms with Crippen LogP contribution < -0.4 is 5.32 Å². The van der Waals surface area contributed by atoms with Crippen LogP contribution in [0.3, 0.4) is 0 Å². The Hall–Kier alpha value is -2.44. The van der Waals surface area contributed by atoms with Crippen LogP contribution in [0.5, 0.6) is 0 Å². The number of hydrogen-bond donors (Lipinski definition) is 2. The quantitative estimate of drug-likeness (QED) is 0.713. The van der Waals surface area contributed by atoms with E-state index in [9.17, 15) is 0 Å². The average molecular weight is 243 g/mol. The van der Waals surface area contributed by atoms with E-state index >= 15 is 0 Å². The first-order valence-corrected chi connectivity index (χ1v) is 5.70. The molecule has 0 saturated carbocycles. The molecule has 7 heteroatoms. The summed E-state index contributed by atoms with van der Waals surface area (Å²) in [5.41, 5.74) is 1.94. The third-order valence-electron chi connectivity index (χ3n) is 2.76. The van der Waals surface area contributed by atoms with Gasteiger partial charge >= 0.3 is 0 Å². The second-order valence-electron chi connectivity index (χ2n) is 3.98. The summed E-state index contributed by atoms with van der Waals surface area (Å²) in [6.45, 7) is 3.44. The number of H-pyrrole nitrogens is 1. The maximum absolute atomic E-state index is 4.34. The van der Waals surface area contributed by atoms with E-state index < -0.39 is 0 Å². The molecule has 0 fully saturated rings. The molecule has 3 heterocycles. The van der Waals surface area contributed by atoms with Gasteiger partial charge in [-0.05, 0) is 13.0 Å². The number of aryl methyl sites for hydroxylation is 1. The second-order valence-corrected chi connectivity index (χ2v) is 3.98. The van der Waals surface area contributed by atoms with Gasteiger partial charge in [-0.3, -0.25) is 9.78 Å². The molecule has 0 unspecified atom stereocenters. The molecule has 0 amide bonds. The molecule has 0 aromatic carbocycles. The number of pyridine rings is 1. The molecule has 3 aromatic rings. The van der Waals surface area contributed by atoms with Crippen LogP contribution in [0.4, 0.5) is 5.82 Å². The number of nitrogens with one attached hydrogen (secondary N) is 2. The van der Waals surface area contributed by atoms with Crippen LogP contribution in [-0.4, -0.2) is 36.5 Å². The van der Waals surface area contributed by atoms with E-state index in [1.54, 1.807) is 17.2 Å². The van der Waals surface area contributed by atoms with Crippen molar-refractivity contribution in [3.05, 3.63) is 30.6 Å². The molecule has 0 aliphatic rings. The molecule has 3 rings (SSSR count). The SMILES string of the molecule is Cc1n[nH]c2ccnc(NCCn3cncn3)c12. The van der Waals surface area contributed by atoms with Gasteiger partial charge in [0, 0.05) is 12.7 Å². The highest BCUT2D eigenvalue weighted by Crippen LogP contribution is 2.21. The number of rotatable bonds is 4. The van der Waals surface area contributed by atoms with Crippen molar-refractivity contribution in [2.24, 2.45) is 0 Å². The minimum Gasteiger partial charge on any atom is -0.368 e. The number of fused-ring (bicyclic) bond motifs is 1. The predicted octanol–water partition coefficient (Wildman–Crippen LogP) is 0.970. The van der Waals surface area contributed by atoms with E-state index in [4.69, 9.17) is 0 Å². The van der Waals surface area contributed by atoms with Gasteiger partial charge in [-0.1, -0.05) is 0 Å². The first kappa shape index (κ1) is 10.7. The van der Waals surface area contributed by atoms with Crippen molar-refractivity contribution in [3.8, 4) is 0 Å². The molecule has 0 aliphatic carbocycles. The van der Waals surface area contributed by atoms with Gasteiger partial charge in [0.2, 0.25) is 0 Å². The highest BCUT2D eigenvalue weighted by molar-refractivity contribution is 5.91. The van der Waals surface area contributed by atoms with Crippen LogP contribution in [0.15, 0.2) is 24.9 Å². The topological polar surface area (TPSA) is 84.3 Å². The third-order valence-corrected chi connectivity index (χ3v) is 2.76. The van der Waals surface area contributed by atoms with E-state index in [-0.39, 0.29) is 0 Å². The number of aromatic amines is 1. The van der Waals surface area contributed by atoms with Crippen LogP contribution in [0, 0.1) is 6.92 Å². The Morgan fingerprint density at radius 2 is 2.39 bits per heavy atom. The van der Waals surface area contributed by atoms with Gasteiger partial charge in [0.15, 0.2) is 0 Å². The summed E-state index contributed by atoms with van der Waals surface area (Å²) in [5, 5.41) is 15.5. The molecule has 18 heavy (non-hydrogen) atoms. The zero-order chi connectivity index (χ0) is 12.4. The van der Waals surface area contributed by atoms with Crippen molar-refractivity contribution in [2.45, 2.75) is 13.5 Å². The molecule has 0 saturated heterocycles. The third kappa shape index (κ3) is 1.90. The van der Waals surface area contributed by atoms with Crippen molar-refractivity contribution < 1.29 is 0 Å². The van der Waals surface area contributed by atoms with E-state index in [2.05, 4.69) is 30.6 Å². The maximum Gasteiger partial charge on any atom is 0.137 e. The lowest BCUT2D eigenvalue weighted by Crippen LogP contribution is -2.11. The standard InChI is InChI=1S/C11H13N7/c1-8-10-9(17-16-8)2-3-13-11(10)14-4-5-18-7-12-6-15-18/h2-3,6-7H,4-5H2,1H3,(H,13,14)(H,16,17). The second kappa shape index (κ2) is 4.44. The molecular weight excluding hydrogens is 230 g/mol. The fourth-order valence-corrected chi connectivity index (χ4v) is 1.89. The number of aromatic nitrogens is 6. The van der Waals surface area contributed by atoms with Gasteiger partial charge in [-0.15, -0.1) is 0 Å². The van der Waals surface area contributed by atoms with Gasteiger partial charge in [0.1, 0.15) is 18.5 Å². The Labute approximate surface area is 103 Å².